The van der Waals surface area contributed by atoms with Crippen LogP contribution in [-0.2, 0) is 5.41 Å². The number of fused-ring (bicyclic) bond motifs is 14. The van der Waals surface area contributed by atoms with Gasteiger partial charge in [0, 0.05) is 33.5 Å². The van der Waals surface area contributed by atoms with E-state index in [9.17, 15) is 0 Å². The first kappa shape index (κ1) is 32.8. The Hall–Kier alpha value is -7.24. The lowest BCUT2D eigenvalue weighted by atomic mass is 9.33. The van der Waals surface area contributed by atoms with Gasteiger partial charge in [-0.15, -0.1) is 0 Å². The lowest BCUT2D eigenvalue weighted by Gasteiger charge is -2.45. The van der Waals surface area contributed by atoms with Crippen molar-refractivity contribution in [1.82, 2.24) is 0 Å². The number of anilines is 6. The predicted octanol–water partition coefficient (Wildman–Crippen LogP) is 13.2. The van der Waals surface area contributed by atoms with Crippen LogP contribution in [0.1, 0.15) is 26.3 Å². The quantitative estimate of drug-likeness (QED) is 0.164. The van der Waals surface area contributed by atoms with E-state index in [1.165, 1.54) is 66.2 Å². The zero-order chi connectivity index (χ0) is 39.1. The third kappa shape index (κ3) is 4.56. The van der Waals surface area contributed by atoms with E-state index in [0.29, 0.717) is 0 Å². The van der Waals surface area contributed by atoms with Crippen molar-refractivity contribution in [3.8, 4) is 0 Å². The molecule has 0 amide bonds. The lowest BCUT2D eigenvalue weighted by molar-refractivity contribution is 0.590. The van der Waals surface area contributed by atoms with Gasteiger partial charge in [0.05, 0.1) is 22.1 Å². The lowest BCUT2D eigenvalue weighted by Crippen LogP contribution is -2.61. The molecule has 278 valence electrons. The monoisotopic (exact) mass is 756 g/mol. The van der Waals surface area contributed by atoms with Crippen molar-refractivity contribution < 1.29 is 8.83 Å². The second-order valence-corrected chi connectivity index (χ2v) is 17.3. The Morgan fingerprint density at radius 3 is 1.34 bits per heavy atom. The van der Waals surface area contributed by atoms with Crippen LogP contribution in [0.25, 0.3) is 65.4 Å². The fourth-order valence-electron chi connectivity index (χ4n) is 10.2. The third-order valence-corrected chi connectivity index (χ3v) is 12.9. The van der Waals surface area contributed by atoms with E-state index in [1.807, 2.05) is 0 Å². The second-order valence-electron chi connectivity index (χ2n) is 17.3. The zero-order valence-corrected chi connectivity index (χ0v) is 33.0. The van der Waals surface area contributed by atoms with Gasteiger partial charge in [0.15, 0.2) is 0 Å². The Labute approximate surface area is 341 Å². The molecule has 0 fully saturated rings. The van der Waals surface area contributed by atoms with Crippen LogP contribution >= 0.6 is 0 Å². The highest BCUT2D eigenvalue weighted by Crippen LogP contribution is 2.51. The second kappa shape index (κ2) is 11.7. The van der Waals surface area contributed by atoms with Crippen molar-refractivity contribution >= 4 is 123 Å². The highest BCUT2D eigenvalue weighted by Gasteiger charge is 2.46. The van der Waals surface area contributed by atoms with Gasteiger partial charge in [-0.1, -0.05) is 130 Å². The number of para-hydroxylation sites is 2. The zero-order valence-electron chi connectivity index (χ0n) is 33.0. The molecule has 4 nitrogen and oxygen atoms in total. The van der Waals surface area contributed by atoms with Crippen LogP contribution in [0.5, 0.6) is 0 Å². The molecule has 59 heavy (non-hydrogen) atoms. The molecule has 0 aliphatic carbocycles. The van der Waals surface area contributed by atoms with Crippen molar-refractivity contribution in [2.45, 2.75) is 26.2 Å². The number of hydrogen-bond acceptors (Lipinski definition) is 4. The van der Waals surface area contributed by atoms with Gasteiger partial charge < -0.3 is 18.6 Å². The number of hydrogen-bond donors (Lipinski definition) is 0. The predicted molar refractivity (Wildman–Crippen MR) is 249 cm³/mol. The molecule has 5 heteroatoms. The first-order chi connectivity index (χ1) is 28.9. The van der Waals surface area contributed by atoms with E-state index in [1.54, 1.807) is 0 Å². The fraction of sp³-hybridized carbons (Fsp3) is 0.0741. The van der Waals surface area contributed by atoms with Crippen LogP contribution < -0.4 is 26.2 Å². The Morgan fingerprint density at radius 2 is 0.864 bits per heavy atom. The molecule has 9 aromatic carbocycles. The first-order valence-electron chi connectivity index (χ1n) is 20.5. The van der Waals surface area contributed by atoms with Gasteiger partial charge >= 0.3 is 0 Å². The van der Waals surface area contributed by atoms with Crippen LogP contribution in [0.15, 0.2) is 179 Å². The van der Waals surface area contributed by atoms with E-state index < -0.39 is 0 Å². The summed E-state index contributed by atoms with van der Waals surface area (Å²) in [5, 5.41) is 9.35. The van der Waals surface area contributed by atoms with Gasteiger partial charge in [0.25, 0.3) is 6.71 Å². The summed E-state index contributed by atoms with van der Waals surface area (Å²) < 4.78 is 13.3. The maximum atomic E-state index is 6.67. The topological polar surface area (TPSA) is 32.8 Å². The maximum Gasteiger partial charge on any atom is 0.252 e. The average molecular weight is 757 g/mol. The van der Waals surface area contributed by atoms with E-state index in [0.717, 1.165) is 55.3 Å². The molecule has 0 atom stereocenters. The summed E-state index contributed by atoms with van der Waals surface area (Å²) in [6.45, 7) is 6.91. The highest BCUT2D eigenvalue weighted by molar-refractivity contribution is 7.01. The molecule has 0 bridgehead atoms. The summed E-state index contributed by atoms with van der Waals surface area (Å²) in [5.41, 5.74) is 15.4. The summed E-state index contributed by atoms with van der Waals surface area (Å²) in [6, 6.07) is 62.2. The van der Waals surface area contributed by atoms with Crippen molar-refractivity contribution in [2.24, 2.45) is 0 Å². The van der Waals surface area contributed by atoms with Gasteiger partial charge in [-0.25, -0.2) is 0 Å². The minimum atomic E-state index is -0.158. The molecule has 2 aromatic heterocycles. The highest BCUT2D eigenvalue weighted by atomic mass is 16.3. The number of benzene rings is 9. The van der Waals surface area contributed by atoms with Gasteiger partial charge in [-0.3, -0.25) is 0 Å². The molecule has 0 spiro atoms. The van der Waals surface area contributed by atoms with Gasteiger partial charge in [0.2, 0.25) is 0 Å². The van der Waals surface area contributed by atoms with Gasteiger partial charge in [-0.2, -0.15) is 0 Å². The maximum absolute atomic E-state index is 6.67. The van der Waals surface area contributed by atoms with Crippen molar-refractivity contribution in [3.63, 3.8) is 0 Å². The smallest absolute Gasteiger partial charge is 0.252 e. The van der Waals surface area contributed by atoms with Crippen molar-refractivity contribution in [2.75, 3.05) is 9.80 Å². The molecule has 0 radical (unpaired) electrons. The van der Waals surface area contributed by atoms with E-state index in [-0.39, 0.29) is 12.1 Å². The Bertz CT molecular complexity index is 3360. The Kier molecular flexibility index (Phi) is 6.49. The third-order valence-electron chi connectivity index (χ3n) is 12.9. The Balaban J connectivity index is 1.23. The van der Waals surface area contributed by atoms with Crippen molar-refractivity contribution in [3.05, 3.63) is 175 Å². The molecule has 0 unspecified atom stereocenters. The van der Waals surface area contributed by atoms with Crippen LogP contribution in [-0.4, -0.2) is 6.71 Å². The standard InChI is InChI=1S/C54H37BN2O2/c1-54(2,3)36-30-43-51-44(31-36)57(38-23-21-33-13-5-7-15-35(33)29-38)53-42(25-27-48-50(53)40-17-9-11-19-46(40)59-48)55(51)41-24-26-47-49(39-16-8-10-18-45(39)58-47)52(41)56(43)37-22-20-32-12-4-6-14-34(32)28-37/h4-31H,1-3H3. The molecule has 13 rings (SSSR count). The number of nitrogens with zero attached hydrogens (tertiary/aromatic N) is 2. The van der Waals surface area contributed by atoms with Crippen molar-refractivity contribution in [1.29, 1.82) is 0 Å². The molecule has 0 saturated carbocycles. The van der Waals surface area contributed by atoms with Crippen LogP contribution in [0.4, 0.5) is 34.1 Å². The fourth-order valence-corrected chi connectivity index (χ4v) is 10.2. The number of rotatable bonds is 2. The molecule has 4 heterocycles. The SMILES string of the molecule is CC(C)(C)c1cc2c3c(c1)N(c1ccc4ccccc4c1)c1c(ccc4oc5ccccc5c14)B3c1ccc3oc4ccccc4c3c1N2c1ccc2ccccc2c1. The molecular formula is C54H37BN2O2. The average Bonchev–Trinajstić information content (AvgIpc) is 3.84. The first-order valence-corrected chi connectivity index (χ1v) is 20.5. The van der Waals surface area contributed by atoms with Crippen LogP contribution in [0, 0.1) is 0 Å². The van der Waals surface area contributed by atoms with E-state index >= 15 is 0 Å². The largest absolute Gasteiger partial charge is 0.456 e. The Morgan fingerprint density at radius 1 is 0.424 bits per heavy atom. The molecule has 0 N–H and O–H groups in total. The van der Waals surface area contributed by atoms with E-state index in [4.69, 9.17) is 8.83 Å². The summed E-state index contributed by atoms with van der Waals surface area (Å²) >= 11 is 0. The summed E-state index contributed by atoms with van der Waals surface area (Å²) in [7, 11) is 0. The van der Waals surface area contributed by atoms with E-state index in [2.05, 4.69) is 200 Å². The summed E-state index contributed by atoms with van der Waals surface area (Å²) in [4.78, 5) is 5.10. The minimum absolute atomic E-state index is 0.0800. The molecule has 2 aliphatic heterocycles. The van der Waals surface area contributed by atoms with Gasteiger partial charge in [-0.05, 0) is 110 Å². The number of furan rings is 2. The molecular weight excluding hydrogens is 719 g/mol. The summed E-state index contributed by atoms with van der Waals surface area (Å²) in [6.07, 6.45) is 0. The van der Waals surface area contributed by atoms with Crippen LogP contribution in [0.3, 0.4) is 0 Å². The minimum Gasteiger partial charge on any atom is -0.456 e. The summed E-state index contributed by atoms with van der Waals surface area (Å²) in [5.74, 6) is 0. The molecule has 11 aromatic rings. The molecule has 2 aliphatic rings. The van der Waals surface area contributed by atoms with Crippen LogP contribution in [0.2, 0.25) is 0 Å². The van der Waals surface area contributed by atoms with Gasteiger partial charge in [0.1, 0.15) is 22.3 Å². The molecule has 0 saturated heterocycles. The normalized spacial score (nSPS) is 13.6.